The molecule has 2 amide bonds. The smallest absolute Gasteiger partial charge is 0.253 e. The topological polar surface area (TPSA) is 150 Å². The molecule has 0 saturated carbocycles. The Morgan fingerprint density at radius 3 is 2.61 bits per heavy atom. The molecule has 0 atom stereocenters. The van der Waals surface area contributed by atoms with Crippen LogP contribution >= 0.6 is 0 Å². The van der Waals surface area contributed by atoms with Crippen molar-refractivity contribution in [1.29, 1.82) is 0 Å². The van der Waals surface area contributed by atoms with Gasteiger partial charge in [-0.3, -0.25) is 14.4 Å². The van der Waals surface area contributed by atoms with Crippen molar-refractivity contribution in [2.45, 2.75) is 6.54 Å². The number of hydrogen-bond donors (Lipinski definition) is 3. The molecule has 0 spiro atoms. The van der Waals surface area contributed by atoms with Crippen LogP contribution in [0, 0.1) is 5.82 Å². The van der Waals surface area contributed by atoms with Crippen molar-refractivity contribution in [1.82, 2.24) is 25.5 Å². The number of hydrogen-bond acceptors (Lipinski definition) is 9. The van der Waals surface area contributed by atoms with Gasteiger partial charge in [-0.2, -0.15) is 0 Å². The van der Waals surface area contributed by atoms with Crippen LogP contribution in [-0.4, -0.2) is 64.7 Å². The first-order valence-electron chi connectivity index (χ1n) is 11.9. The van der Waals surface area contributed by atoms with Gasteiger partial charge in [-0.1, -0.05) is 16.4 Å². The zero-order chi connectivity index (χ0) is 26.5. The Hall–Kier alpha value is -4.94. The third-order valence-electron chi connectivity index (χ3n) is 6.10. The number of rotatable bonds is 8. The van der Waals surface area contributed by atoms with Crippen molar-refractivity contribution >= 4 is 23.3 Å². The quantitative estimate of drug-likeness (QED) is 0.316. The lowest BCUT2D eigenvalue weighted by molar-refractivity contribution is -0.130. The Labute approximate surface area is 215 Å². The molecule has 0 radical (unpaired) electrons. The molecule has 13 heteroatoms. The molecule has 4 aromatic rings. The van der Waals surface area contributed by atoms with Crippen LogP contribution in [0.25, 0.3) is 11.3 Å². The summed E-state index contributed by atoms with van der Waals surface area (Å²) < 4.78 is 25.1. The van der Waals surface area contributed by atoms with Crippen molar-refractivity contribution < 1.29 is 23.0 Å². The molecule has 4 heterocycles. The molecule has 1 aliphatic rings. The van der Waals surface area contributed by atoms with E-state index in [9.17, 15) is 14.4 Å². The van der Waals surface area contributed by atoms with E-state index in [-0.39, 0.29) is 23.6 Å². The summed E-state index contributed by atoms with van der Waals surface area (Å²) in [7, 11) is 0. The average molecular weight is 522 g/mol. The molecular formula is C25H24FN7O5. The van der Waals surface area contributed by atoms with E-state index in [0.29, 0.717) is 61.2 Å². The second-order valence-corrected chi connectivity index (χ2v) is 8.58. The van der Waals surface area contributed by atoms with Crippen molar-refractivity contribution in [3.05, 3.63) is 82.4 Å². The van der Waals surface area contributed by atoms with E-state index in [4.69, 9.17) is 9.05 Å². The van der Waals surface area contributed by atoms with Gasteiger partial charge in [0.2, 0.25) is 11.5 Å². The summed E-state index contributed by atoms with van der Waals surface area (Å²) in [6.07, 6.45) is 2.74. The van der Waals surface area contributed by atoms with Crippen molar-refractivity contribution in [3.8, 4) is 11.3 Å². The largest absolute Gasteiger partial charge is 0.366 e. The first-order valence-corrected chi connectivity index (χ1v) is 11.9. The standard InChI is InChI=1S/C25H24FN7O5/c26-19-11-16(20-12-18(38-30-20)14-27-22-5-10-37-31-22)1-3-21(19)32-6-8-33(9-7-32)24(35)15-29-25(36)17-2-4-23(34)28-13-17/h1-5,10-13H,6-9,14-15H2,(H,27,31)(H,28,34)(H,29,36). The maximum absolute atomic E-state index is 15.0. The normalized spacial score (nSPS) is 13.4. The molecule has 0 bridgehead atoms. The van der Waals surface area contributed by atoms with Crippen LogP contribution in [0.4, 0.5) is 15.9 Å². The predicted octanol–water partition coefficient (Wildman–Crippen LogP) is 1.85. The Morgan fingerprint density at radius 1 is 1.05 bits per heavy atom. The first kappa shape index (κ1) is 24.7. The van der Waals surface area contributed by atoms with Gasteiger partial charge in [0, 0.05) is 56.1 Å². The zero-order valence-electron chi connectivity index (χ0n) is 20.1. The third kappa shape index (κ3) is 5.72. The molecule has 5 rings (SSSR count). The van der Waals surface area contributed by atoms with Crippen LogP contribution in [0.2, 0.25) is 0 Å². The van der Waals surface area contributed by atoms with Crippen LogP contribution in [0.3, 0.4) is 0 Å². The van der Waals surface area contributed by atoms with E-state index >= 15 is 4.39 Å². The highest BCUT2D eigenvalue weighted by Crippen LogP contribution is 2.27. The van der Waals surface area contributed by atoms with E-state index in [2.05, 4.69) is 25.9 Å². The number of amides is 2. The Morgan fingerprint density at radius 2 is 1.89 bits per heavy atom. The summed E-state index contributed by atoms with van der Waals surface area (Å²) in [6, 6.07) is 10.9. The average Bonchev–Trinajstić information content (AvgIpc) is 3.63. The Kier molecular flexibility index (Phi) is 7.15. The lowest BCUT2D eigenvalue weighted by Gasteiger charge is -2.36. The second-order valence-electron chi connectivity index (χ2n) is 8.58. The fourth-order valence-electron chi connectivity index (χ4n) is 4.05. The number of piperazine rings is 1. The lowest BCUT2D eigenvalue weighted by atomic mass is 10.1. The Balaban J connectivity index is 1.12. The molecule has 1 fully saturated rings. The minimum atomic E-state index is -0.458. The first-order chi connectivity index (χ1) is 18.5. The van der Waals surface area contributed by atoms with Crippen molar-refractivity contribution in [3.63, 3.8) is 0 Å². The number of halogens is 1. The number of pyridine rings is 1. The number of aromatic nitrogens is 3. The lowest BCUT2D eigenvalue weighted by Crippen LogP contribution is -2.51. The van der Waals surface area contributed by atoms with Crippen LogP contribution in [-0.2, 0) is 11.3 Å². The fraction of sp³-hybridized carbons (Fsp3) is 0.240. The minimum Gasteiger partial charge on any atom is -0.366 e. The van der Waals surface area contributed by atoms with Crippen molar-refractivity contribution in [2.75, 3.05) is 42.9 Å². The summed E-state index contributed by atoms with van der Waals surface area (Å²) in [5.74, 6) is 0.0265. The van der Waals surface area contributed by atoms with Gasteiger partial charge in [-0.15, -0.1) is 0 Å². The van der Waals surface area contributed by atoms with E-state index < -0.39 is 11.7 Å². The molecule has 1 aromatic carbocycles. The van der Waals surface area contributed by atoms with Crippen LogP contribution in [0.5, 0.6) is 0 Å². The van der Waals surface area contributed by atoms with Gasteiger partial charge in [-0.25, -0.2) is 4.39 Å². The molecule has 0 unspecified atom stereocenters. The molecule has 3 aromatic heterocycles. The maximum atomic E-state index is 15.0. The monoisotopic (exact) mass is 521 g/mol. The number of anilines is 2. The SMILES string of the molecule is O=C(NCC(=O)N1CCN(c2ccc(-c3cc(CNc4ccon4)on3)cc2F)CC1)c1ccc(=O)[nH]c1. The predicted molar refractivity (Wildman–Crippen MR) is 134 cm³/mol. The van der Waals surface area contributed by atoms with E-state index in [1.807, 2.05) is 4.90 Å². The molecule has 0 aliphatic carbocycles. The summed E-state index contributed by atoms with van der Waals surface area (Å²) >= 11 is 0. The maximum Gasteiger partial charge on any atom is 0.253 e. The van der Waals surface area contributed by atoms with Gasteiger partial charge < -0.3 is 34.5 Å². The van der Waals surface area contributed by atoms with E-state index in [0.717, 1.165) is 0 Å². The number of benzene rings is 1. The Bertz CT molecular complexity index is 1460. The molecule has 12 nitrogen and oxygen atoms in total. The number of carbonyl (C=O) groups excluding carboxylic acids is 2. The number of nitrogens with zero attached hydrogens (tertiary/aromatic N) is 4. The van der Waals surface area contributed by atoms with Gasteiger partial charge in [0.15, 0.2) is 11.6 Å². The molecule has 1 aliphatic heterocycles. The van der Waals surface area contributed by atoms with Gasteiger partial charge in [0.05, 0.1) is 24.3 Å². The van der Waals surface area contributed by atoms with Crippen LogP contribution in [0.15, 0.2) is 68.8 Å². The number of H-pyrrole nitrogens is 1. The number of nitrogens with one attached hydrogen (secondary N) is 3. The molecule has 38 heavy (non-hydrogen) atoms. The van der Waals surface area contributed by atoms with Gasteiger partial charge >= 0.3 is 0 Å². The summed E-state index contributed by atoms with van der Waals surface area (Å²) in [6.45, 7) is 1.84. The van der Waals surface area contributed by atoms with E-state index in [1.165, 1.54) is 30.7 Å². The summed E-state index contributed by atoms with van der Waals surface area (Å²) in [4.78, 5) is 41.7. The van der Waals surface area contributed by atoms with Crippen LogP contribution in [0.1, 0.15) is 16.1 Å². The molecule has 196 valence electrons. The fourth-order valence-corrected chi connectivity index (χ4v) is 4.05. The summed E-state index contributed by atoms with van der Waals surface area (Å²) in [5.41, 5.74) is 1.46. The highest BCUT2D eigenvalue weighted by molar-refractivity contribution is 5.96. The van der Waals surface area contributed by atoms with Crippen LogP contribution < -0.4 is 21.1 Å². The highest BCUT2D eigenvalue weighted by Gasteiger charge is 2.23. The van der Waals surface area contributed by atoms with E-state index in [1.54, 1.807) is 29.2 Å². The van der Waals surface area contributed by atoms with Crippen molar-refractivity contribution in [2.24, 2.45) is 0 Å². The second kappa shape index (κ2) is 11.0. The number of carbonyl (C=O) groups is 2. The van der Waals surface area contributed by atoms with Gasteiger partial charge in [0.25, 0.3) is 5.91 Å². The molecular weight excluding hydrogens is 497 g/mol. The minimum absolute atomic E-state index is 0.172. The zero-order valence-corrected chi connectivity index (χ0v) is 20.1. The highest BCUT2D eigenvalue weighted by atomic mass is 19.1. The number of aromatic amines is 1. The molecule has 3 N–H and O–H groups in total. The molecule has 1 saturated heterocycles. The third-order valence-corrected chi connectivity index (χ3v) is 6.10. The van der Waals surface area contributed by atoms with Gasteiger partial charge in [0.1, 0.15) is 17.8 Å². The summed E-state index contributed by atoms with van der Waals surface area (Å²) in [5, 5.41) is 13.4. The van der Waals surface area contributed by atoms with Gasteiger partial charge in [-0.05, 0) is 18.2 Å².